The normalized spacial score (nSPS) is 10.4. The van der Waals surface area contributed by atoms with Crippen LogP contribution in [0.1, 0.15) is 0 Å². The van der Waals surface area contributed by atoms with E-state index in [0.717, 1.165) is 4.68 Å². The fraction of sp³-hybridized carbons (Fsp3) is 0. The Balaban J connectivity index is 2.15. The van der Waals surface area contributed by atoms with Gasteiger partial charge >= 0.3 is 6.03 Å². The van der Waals surface area contributed by atoms with Gasteiger partial charge in [-0.25, -0.2) is 9.78 Å². The van der Waals surface area contributed by atoms with Crippen LogP contribution in [-0.2, 0) is 0 Å². The number of nitrogens with zero attached hydrogens (tertiary/aromatic N) is 5. The zero-order valence-corrected chi connectivity index (χ0v) is 10.3. The molecule has 0 saturated carbocycles. The fourth-order valence-corrected chi connectivity index (χ4v) is 1.73. The molecule has 0 saturated heterocycles. The average Bonchev–Trinajstić information content (AvgIpc) is 2.94. The van der Waals surface area contributed by atoms with E-state index in [2.05, 4.69) is 20.1 Å². The fourth-order valence-electron chi connectivity index (χ4n) is 1.73. The molecule has 3 heterocycles. The van der Waals surface area contributed by atoms with Crippen LogP contribution in [0.15, 0.2) is 48.8 Å². The first-order chi connectivity index (χ1) is 9.75. The van der Waals surface area contributed by atoms with Crippen LogP contribution in [-0.4, -0.2) is 30.8 Å². The Bertz CT molecular complexity index is 738. The van der Waals surface area contributed by atoms with Crippen LogP contribution in [0.5, 0.6) is 0 Å². The second kappa shape index (κ2) is 4.88. The van der Waals surface area contributed by atoms with Gasteiger partial charge in [0, 0.05) is 12.4 Å². The van der Waals surface area contributed by atoms with Crippen molar-refractivity contribution in [2.24, 2.45) is 5.73 Å². The molecule has 7 nitrogen and oxygen atoms in total. The van der Waals surface area contributed by atoms with Gasteiger partial charge in [-0.05, 0) is 24.3 Å². The lowest BCUT2D eigenvalue weighted by molar-refractivity contribution is 0.248. The average molecular weight is 266 g/mol. The Kier molecular flexibility index (Phi) is 2.92. The SMILES string of the molecule is NC(=O)n1nc(-c2ccccn2)nc1-c1ccccn1. The number of primary amides is 1. The number of rotatable bonds is 2. The second-order valence-corrected chi connectivity index (χ2v) is 3.94. The minimum absolute atomic E-state index is 0.291. The van der Waals surface area contributed by atoms with Crippen molar-refractivity contribution in [1.82, 2.24) is 24.7 Å². The largest absolute Gasteiger partial charge is 0.350 e. The van der Waals surface area contributed by atoms with E-state index < -0.39 is 6.03 Å². The zero-order valence-electron chi connectivity index (χ0n) is 10.3. The van der Waals surface area contributed by atoms with E-state index in [1.165, 1.54) is 0 Å². The van der Waals surface area contributed by atoms with Gasteiger partial charge in [-0.15, -0.1) is 5.10 Å². The van der Waals surface area contributed by atoms with Crippen LogP contribution >= 0.6 is 0 Å². The molecule has 20 heavy (non-hydrogen) atoms. The molecule has 0 atom stereocenters. The summed E-state index contributed by atoms with van der Waals surface area (Å²) in [6.07, 6.45) is 3.23. The second-order valence-electron chi connectivity index (χ2n) is 3.94. The van der Waals surface area contributed by atoms with E-state index in [4.69, 9.17) is 5.73 Å². The predicted octanol–water partition coefficient (Wildman–Crippen LogP) is 1.33. The monoisotopic (exact) mass is 266 g/mol. The first-order valence-electron chi connectivity index (χ1n) is 5.85. The number of amides is 1. The highest BCUT2D eigenvalue weighted by Crippen LogP contribution is 2.18. The van der Waals surface area contributed by atoms with E-state index in [1.807, 2.05) is 6.07 Å². The van der Waals surface area contributed by atoms with Gasteiger partial charge in [-0.1, -0.05) is 12.1 Å². The first-order valence-corrected chi connectivity index (χ1v) is 5.85. The van der Waals surface area contributed by atoms with Crippen molar-refractivity contribution in [3.63, 3.8) is 0 Å². The Morgan fingerprint density at radius 3 is 2.20 bits per heavy atom. The Morgan fingerprint density at radius 1 is 1.00 bits per heavy atom. The van der Waals surface area contributed by atoms with E-state index in [1.54, 1.807) is 42.7 Å². The summed E-state index contributed by atoms with van der Waals surface area (Å²) in [5.41, 5.74) is 6.39. The molecule has 7 heteroatoms. The van der Waals surface area contributed by atoms with Gasteiger partial charge in [0.05, 0.1) is 0 Å². The van der Waals surface area contributed by atoms with Crippen molar-refractivity contribution in [1.29, 1.82) is 0 Å². The Morgan fingerprint density at radius 2 is 1.65 bits per heavy atom. The lowest BCUT2D eigenvalue weighted by Crippen LogP contribution is -2.22. The van der Waals surface area contributed by atoms with Crippen molar-refractivity contribution in [3.05, 3.63) is 48.8 Å². The molecular weight excluding hydrogens is 256 g/mol. The molecule has 2 N–H and O–H groups in total. The van der Waals surface area contributed by atoms with E-state index in [-0.39, 0.29) is 0 Å². The lowest BCUT2D eigenvalue weighted by atomic mass is 10.3. The molecule has 0 unspecified atom stereocenters. The van der Waals surface area contributed by atoms with E-state index in [0.29, 0.717) is 23.0 Å². The number of aromatic nitrogens is 5. The third kappa shape index (κ3) is 2.12. The molecule has 0 spiro atoms. The highest BCUT2D eigenvalue weighted by atomic mass is 16.2. The summed E-state index contributed by atoms with van der Waals surface area (Å²) in [7, 11) is 0. The zero-order chi connectivity index (χ0) is 13.9. The lowest BCUT2D eigenvalue weighted by Gasteiger charge is -1.98. The Labute approximate surface area is 114 Å². The van der Waals surface area contributed by atoms with Crippen molar-refractivity contribution < 1.29 is 4.79 Å². The summed E-state index contributed by atoms with van der Waals surface area (Å²) in [4.78, 5) is 24.1. The van der Waals surface area contributed by atoms with E-state index in [9.17, 15) is 4.79 Å². The number of nitrogens with two attached hydrogens (primary N) is 1. The van der Waals surface area contributed by atoms with Gasteiger partial charge in [0.2, 0.25) is 5.82 Å². The molecule has 0 aromatic carbocycles. The van der Waals surface area contributed by atoms with E-state index >= 15 is 0 Å². The highest BCUT2D eigenvalue weighted by molar-refractivity contribution is 5.79. The number of pyridine rings is 2. The summed E-state index contributed by atoms with van der Waals surface area (Å²) < 4.78 is 1.02. The van der Waals surface area contributed by atoms with Gasteiger partial charge in [-0.2, -0.15) is 4.68 Å². The van der Waals surface area contributed by atoms with Crippen molar-refractivity contribution >= 4 is 6.03 Å². The molecule has 0 aliphatic carbocycles. The minimum atomic E-state index is -0.722. The summed E-state index contributed by atoms with van der Waals surface area (Å²) in [5.74, 6) is 0.615. The standard InChI is InChI=1S/C13H10N6O/c14-13(20)19-12(10-6-2-4-8-16-10)17-11(18-19)9-5-1-3-7-15-9/h1-8H,(H2,14,20). The third-order valence-corrected chi connectivity index (χ3v) is 2.60. The molecular formula is C13H10N6O. The molecule has 0 fully saturated rings. The quantitative estimate of drug-likeness (QED) is 0.754. The number of carbonyl (C=O) groups excluding carboxylic acids is 1. The third-order valence-electron chi connectivity index (χ3n) is 2.60. The number of carbonyl (C=O) groups is 1. The van der Waals surface area contributed by atoms with Crippen molar-refractivity contribution in [2.75, 3.05) is 0 Å². The van der Waals surface area contributed by atoms with Gasteiger partial charge in [0.15, 0.2) is 5.82 Å². The molecule has 0 aliphatic heterocycles. The summed E-state index contributed by atoms with van der Waals surface area (Å²) in [5, 5.41) is 4.08. The molecule has 3 rings (SSSR count). The summed E-state index contributed by atoms with van der Waals surface area (Å²) in [6.45, 7) is 0. The molecule has 3 aromatic rings. The first kappa shape index (κ1) is 12.0. The molecule has 1 amide bonds. The maximum atomic E-state index is 11.5. The van der Waals surface area contributed by atoms with Gasteiger partial charge in [-0.3, -0.25) is 9.97 Å². The molecule has 98 valence electrons. The minimum Gasteiger partial charge on any atom is -0.350 e. The van der Waals surface area contributed by atoms with Crippen LogP contribution in [0.25, 0.3) is 23.0 Å². The number of hydrogen-bond acceptors (Lipinski definition) is 5. The van der Waals surface area contributed by atoms with Crippen LogP contribution in [0.2, 0.25) is 0 Å². The predicted molar refractivity (Wildman–Crippen MR) is 71.5 cm³/mol. The van der Waals surface area contributed by atoms with Gasteiger partial charge in [0.25, 0.3) is 0 Å². The van der Waals surface area contributed by atoms with Crippen LogP contribution in [0, 0.1) is 0 Å². The van der Waals surface area contributed by atoms with Crippen molar-refractivity contribution in [2.45, 2.75) is 0 Å². The maximum Gasteiger partial charge on any atom is 0.341 e. The smallest absolute Gasteiger partial charge is 0.341 e. The van der Waals surface area contributed by atoms with Crippen LogP contribution in [0.3, 0.4) is 0 Å². The molecule has 0 radical (unpaired) electrons. The summed E-state index contributed by atoms with van der Waals surface area (Å²) in [6, 6.07) is 9.92. The highest BCUT2D eigenvalue weighted by Gasteiger charge is 2.17. The van der Waals surface area contributed by atoms with Crippen molar-refractivity contribution in [3.8, 4) is 23.0 Å². The van der Waals surface area contributed by atoms with Crippen LogP contribution in [0.4, 0.5) is 4.79 Å². The summed E-state index contributed by atoms with van der Waals surface area (Å²) >= 11 is 0. The topological polar surface area (TPSA) is 99.6 Å². The number of hydrogen-bond donors (Lipinski definition) is 1. The molecule has 0 bridgehead atoms. The van der Waals surface area contributed by atoms with Gasteiger partial charge < -0.3 is 5.73 Å². The maximum absolute atomic E-state index is 11.5. The molecule has 0 aliphatic rings. The Hall–Kier alpha value is -3.09. The molecule has 3 aromatic heterocycles. The van der Waals surface area contributed by atoms with Crippen LogP contribution < -0.4 is 5.73 Å². The van der Waals surface area contributed by atoms with Gasteiger partial charge in [0.1, 0.15) is 11.4 Å².